The van der Waals surface area contributed by atoms with Crippen LogP contribution in [0.25, 0.3) is 0 Å². The maximum Gasteiger partial charge on any atom is 0.372 e. The smallest absolute Gasteiger partial charge is 0.372 e. The van der Waals surface area contributed by atoms with Gasteiger partial charge in [0.25, 0.3) is 0 Å². The zero-order chi connectivity index (χ0) is 17.9. The fraction of sp³-hybridized carbons (Fsp3) is 0.684. The highest BCUT2D eigenvalue weighted by atomic mass is 16.6. The average molecular weight is 338 g/mol. The van der Waals surface area contributed by atoms with Gasteiger partial charge in [0.15, 0.2) is 5.76 Å². The summed E-state index contributed by atoms with van der Waals surface area (Å²) < 4.78 is 14.2. The molecule has 0 aromatic heterocycles. The van der Waals surface area contributed by atoms with Gasteiger partial charge in [0.1, 0.15) is 6.10 Å². The highest BCUT2D eigenvalue weighted by Gasteiger charge is 2.27. The maximum atomic E-state index is 12.0. The molecule has 0 radical (unpaired) electrons. The Bertz CT molecular complexity index is 440. The summed E-state index contributed by atoms with van der Waals surface area (Å²) >= 11 is 0. The minimum atomic E-state index is -0.535. The molecule has 0 amide bonds. The van der Waals surface area contributed by atoms with Crippen LogP contribution in [0, 0.1) is 5.92 Å². The summed E-state index contributed by atoms with van der Waals surface area (Å²) in [5, 5.41) is 0. The number of allylic oxidation sites excluding steroid dienone is 1. The molecule has 24 heavy (non-hydrogen) atoms. The molecule has 0 aliphatic heterocycles. The van der Waals surface area contributed by atoms with E-state index in [4.69, 9.17) is 4.74 Å². The number of esters is 2. The fourth-order valence-electron chi connectivity index (χ4n) is 3.18. The van der Waals surface area contributed by atoms with Crippen LogP contribution in [0.3, 0.4) is 0 Å². The first-order chi connectivity index (χ1) is 11.5. The predicted molar refractivity (Wildman–Crippen MR) is 92.2 cm³/mol. The Hall–Kier alpha value is -1.78. The van der Waals surface area contributed by atoms with Crippen LogP contribution in [0.5, 0.6) is 0 Å². The molecule has 0 unspecified atom stereocenters. The molecule has 0 aromatic carbocycles. The molecule has 2 aliphatic rings. The number of carbonyl (C=O) groups is 2. The van der Waals surface area contributed by atoms with Gasteiger partial charge in [0.05, 0.1) is 14.2 Å². The third kappa shape index (κ3) is 6.38. The van der Waals surface area contributed by atoms with E-state index in [0.29, 0.717) is 5.92 Å². The molecule has 5 nitrogen and oxygen atoms in total. The van der Waals surface area contributed by atoms with E-state index in [0.717, 1.165) is 18.4 Å². The molecule has 2 aliphatic carbocycles. The summed E-state index contributed by atoms with van der Waals surface area (Å²) in [6, 6.07) is 0. The van der Waals surface area contributed by atoms with Crippen molar-refractivity contribution in [2.45, 2.75) is 64.4 Å². The maximum absolute atomic E-state index is 12.0. The standard InChI is InChI=1S/C14H22O2.C5H8O3/c1-2-13(11-7-3-4-8-11)14(15)16-12-9-5-6-10-12;1-4(7-2)5(6)8-3/h2,11-12H,3-10H2,1H3;1H2,2-3H3. The number of hydrogen-bond donors (Lipinski definition) is 0. The van der Waals surface area contributed by atoms with Gasteiger partial charge in [-0.15, -0.1) is 0 Å². The van der Waals surface area contributed by atoms with Crippen LogP contribution in [0.15, 0.2) is 24.0 Å². The van der Waals surface area contributed by atoms with Gasteiger partial charge in [-0.05, 0) is 57.9 Å². The van der Waals surface area contributed by atoms with Crippen molar-refractivity contribution >= 4 is 11.9 Å². The normalized spacial score (nSPS) is 18.5. The Morgan fingerprint density at radius 3 is 1.88 bits per heavy atom. The molecule has 0 saturated heterocycles. The second kappa shape index (κ2) is 10.9. The van der Waals surface area contributed by atoms with E-state index in [1.54, 1.807) is 0 Å². The lowest BCUT2D eigenvalue weighted by molar-refractivity contribution is -0.144. The molecule has 2 fully saturated rings. The molecule has 2 saturated carbocycles. The summed E-state index contributed by atoms with van der Waals surface area (Å²) in [6.07, 6.45) is 11.6. The number of rotatable bonds is 5. The molecule has 0 atom stereocenters. The molecule has 0 bridgehead atoms. The van der Waals surface area contributed by atoms with Gasteiger partial charge in [-0.2, -0.15) is 0 Å². The van der Waals surface area contributed by atoms with Gasteiger partial charge in [-0.3, -0.25) is 0 Å². The summed E-state index contributed by atoms with van der Waals surface area (Å²) in [6.45, 7) is 5.21. The second-order valence-electron chi connectivity index (χ2n) is 6.16. The Morgan fingerprint density at radius 2 is 1.46 bits per heavy atom. The highest BCUT2D eigenvalue weighted by Crippen LogP contribution is 2.32. The van der Waals surface area contributed by atoms with Crippen molar-refractivity contribution < 1.29 is 23.8 Å². The van der Waals surface area contributed by atoms with E-state index in [1.165, 1.54) is 52.7 Å². The van der Waals surface area contributed by atoms with Gasteiger partial charge < -0.3 is 14.2 Å². The molecule has 2 rings (SSSR count). The van der Waals surface area contributed by atoms with E-state index in [1.807, 2.05) is 13.0 Å². The van der Waals surface area contributed by atoms with Crippen molar-refractivity contribution in [3.05, 3.63) is 24.0 Å². The largest absolute Gasteiger partial charge is 0.490 e. The zero-order valence-electron chi connectivity index (χ0n) is 15.1. The van der Waals surface area contributed by atoms with Crippen LogP contribution in [0.2, 0.25) is 0 Å². The van der Waals surface area contributed by atoms with Gasteiger partial charge in [-0.1, -0.05) is 18.9 Å². The van der Waals surface area contributed by atoms with Gasteiger partial charge >= 0.3 is 11.9 Å². The van der Waals surface area contributed by atoms with E-state index >= 15 is 0 Å². The first-order valence-electron chi connectivity index (χ1n) is 8.71. The molecule has 136 valence electrons. The van der Waals surface area contributed by atoms with Crippen LogP contribution < -0.4 is 0 Å². The molecule has 5 heteroatoms. The van der Waals surface area contributed by atoms with Crippen molar-refractivity contribution in [1.82, 2.24) is 0 Å². The molecule has 0 heterocycles. The number of carbonyl (C=O) groups excluding carboxylic acids is 2. The number of hydrogen-bond acceptors (Lipinski definition) is 5. The summed E-state index contributed by atoms with van der Waals surface area (Å²) in [5.74, 6) is -0.0831. The predicted octanol–water partition coefficient (Wildman–Crippen LogP) is 3.93. The van der Waals surface area contributed by atoms with Crippen LogP contribution in [0.1, 0.15) is 58.3 Å². The van der Waals surface area contributed by atoms with E-state index in [9.17, 15) is 9.59 Å². The fourth-order valence-corrected chi connectivity index (χ4v) is 3.18. The minimum Gasteiger partial charge on any atom is -0.490 e. The third-order valence-corrected chi connectivity index (χ3v) is 4.58. The van der Waals surface area contributed by atoms with Gasteiger partial charge in [0.2, 0.25) is 0 Å². The first kappa shape index (κ1) is 20.3. The van der Waals surface area contributed by atoms with Crippen LogP contribution in [-0.4, -0.2) is 32.3 Å². The first-order valence-corrected chi connectivity index (χ1v) is 8.71. The topological polar surface area (TPSA) is 61.8 Å². The lowest BCUT2D eigenvalue weighted by Gasteiger charge is -2.16. The Balaban J connectivity index is 0.000000307. The third-order valence-electron chi connectivity index (χ3n) is 4.58. The van der Waals surface area contributed by atoms with Crippen molar-refractivity contribution in [3.8, 4) is 0 Å². The molecular formula is C19H30O5. The molecule has 0 aromatic rings. The quantitative estimate of drug-likeness (QED) is 0.432. The summed E-state index contributed by atoms with van der Waals surface area (Å²) in [7, 11) is 2.63. The van der Waals surface area contributed by atoms with Crippen molar-refractivity contribution in [2.75, 3.05) is 14.2 Å². The average Bonchev–Trinajstić information content (AvgIpc) is 3.28. The van der Waals surface area contributed by atoms with Crippen molar-refractivity contribution in [2.24, 2.45) is 5.92 Å². The van der Waals surface area contributed by atoms with Gasteiger partial charge in [-0.25, -0.2) is 9.59 Å². The monoisotopic (exact) mass is 338 g/mol. The molecular weight excluding hydrogens is 308 g/mol. The van der Waals surface area contributed by atoms with Gasteiger partial charge in [0, 0.05) is 5.57 Å². The lowest BCUT2D eigenvalue weighted by atomic mass is 9.97. The summed E-state index contributed by atoms with van der Waals surface area (Å²) in [4.78, 5) is 22.3. The SMILES string of the molecule is C=C(OC)C(=O)OC.CC=C(C(=O)OC1CCCC1)C1CCCC1. The van der Waals surface area contributed by atoms with Crippen LogP contribution in [0.4, 0.5) is 0 Å². The highest BCUT2D eigenvalue weighted by molar-refractivity contribution is 5.89. The van der Waals surface area contributed by atoms with Crippen molar-refractivity contribution in [3.63, 3.8) is 0 Å². The Morgan fingerprint density at radius 1 is 0.917 bits per heavy atom. The van der Waals surface area contributed by atoms with Crippen molar-refractivity contribution in [1.29, 1.82) is 0 Å². The lowest BCUT2D eigenvalue weighted by Crippen LogP contribution is -2.19. The zero-order valence-corrected chi connectivity index (χ0v) is 15.1. The Labute approximate surface area is 145 Å². The second-order valence-corrected chi connectivity index (χ2v) is 6.16. The molecule has 0 N–H and O–H groups in total. The van der Waals surface area contributed by atoms with E-state index in [2.05, 4.69) is 16.1 Å². The Kier molecular flexibility index (Phi) is 9.20. The number of methoxy groups -OCH3 is 2. The number of ether oxygens (including phenoxy) is 3. The van der Waals surface area contributed by atoms with Crippen LogP contribution >= 0.6 is 0 Å². The minimum absolute atomic E-state index is 0.0208. The van der Waals surface area contributed by atoms with Crippen LogP contribution in [-0.2, 0) is 23.8 Å². The summed E-state index contributed by atoms with van der Waals surface area (Å²) in [5.41, 5.74) is 0.935. The van der Waals surface area contributed by atoms with E-state index < -0.39 is 5.97 Å². The van der Waals surface area contributed by atoms with E-state index in [-0.39, 0.29) is 17.8 Å². The molecule has 0 spiro atoms.